The van der Waals surface area contributed by atoms with E-state index in [2.05, 4.69) is 0 Å². The van der Waals surface area contributed by atoms with E-state index < -0.39 is 0 Å². The summed E-state index contributed by atoms with van der Waals surface area (Å²) >= 11 is 0. The Morgan fingerprint density at radius 2 is 0.469 bits per heavy atom. The molecule has 0 aliphatic heterocycles. The predicted octanol–water partition coefficient (Wildman–Crippen LogP) is 11.3. The van der Waals surface area contributed by atoms with E-state index in [1.807, 2.05) is 55.4 Å². The van der Waals surface area contributed by atoms with Gasteiger partial charge in [0.15, 0.2) is 0 Å². The van der Waals surface area contributed by atoms with E-state index in [1.54, 1.807) is 103 Å². The van der Waals surface area contributed by atoms with Gasteiger partial charge in [-0.25, -0.2) is 0 Å². The van der Waals surface area contributed by atoms with Crippen LogP contribution in [0.3, 0.4) is 0 Å². The van der Waals surface area contributed by atoms with Crippen molar-refractivity contribution in [3.05, 3.63) is 0 Å². The zero-order valence-electron chi connectivity index (χ0n) is 23.9. The van der Waals surface area contributed by atoms with Crippen LogP contribution in [0, 0.1) is 47.3 Å². The lowest BCUT2D eigenvalue weighted by molar-refractivity contribution is 0.0198. The van der Waals surface area contributed by atoms with Crippen molar-refractivity contribution >= 4 is 0 Å². The molecular formula is C32H64. The summed E-state index contributed by atoms with van der Waals surface area (Å²) in [4.78, 5) is 0. The van der Waals surface area contributed by atoms with Crippen LogP contribution in [0.1, 0.15) is 158 Å². The second kappa shape index (κ2) is 17.4. The fourth-order valence-electron chi connectivity index (χ4n) is 8.57. The van der Waals surface area contributed by atoms with Gasteiger partial charge < -0.3 is 0 Å². The van der Waals surface area contributed by atoms with Gasteiger partial charge in [0.2, 0.25) is 0 Å². The highest BCUT2D eigenvalue weighted by Crippen LogP contribution is 2.53. The van der Waals surface area contributed by atoms with E-state index in [9.17, 15) is 0 Å². The van der Waals surface area contributed by atoms with Crippen molar-refractivity contribution in [3.63, 3.8) is 0 Å². The topological polar surface area (TPSA) is 0 Å². The standard InChI is InChI=1S/C14H24.C10H16.4C2H6/c1-2-6-12-10-14-8-4-3-7-13(14)9-11(12)5-1;1-7-2-9-4-8(1)5-10(3-7)6-9;4*1-2/h11-14H,1-10H2;7-10H,1-6H2;4*1-2H3. The first-order valence-corrected chi connectivity index (χ1v) is 15.8. The lowest BCUT2D eigenvalue weighted by Gasteiger charge is -2.49. The smallest absolute Gasteiger partial charge is 0.0383 e. The van der Waals surface area contributed by atoms with Crippen LogP contribution in [0.4, 0.5) is 0 Å². The van der Waals surface area contributed by atoms with Crippen molar-refractivity contribution in [1.82, 2.24) is 0 Å². The Hall–Kier alpha value is 0. The van der Waals surface area contributed by atoms with E-state index in [0.717, 1.165) is 23.7 Å². The largest absolute Gasteiger partial charge is 0.0683 e. The monoisotopic (exact) mass is 449 g/mol. The number of hydrogen-bond acceptors (Lipinski definition) is 0. The summed E-state index contributed by atoms with van der Waals surface area (Å²) in [5.74, 6) is 9.33. The first-order valence-electron chi connectivity index (χ1n) is 15.8. The van der Waals surface area contributed by atoms with Gasteiger partial charge in [-0.15, -0.1) is 0 Å². The SMILES string of the molecule is C1C2CC3CC1CC(C2)C3.C1CCC2CC3CCCCC3CC2C1.CC.CC.CC.CC. The molecule has 0 radical (unpaired) electrons. The molecule has 7 saturated carbocycles. The predicted molar refractivity (Wildman–Crippen MR) is 147 cm³/mol. The molecule has 0 saturated heterocycles. The molecule has 7 fully saturated rings. The van der Waals surface area contributed by atoms with E-state index >= 15 is 0 Å². The minimum Gasteiger partial charge on any atom is -0.0683 e. The maximum Gasteiger partial charge on any atom is -0.0383 e. The lowest BCUT2D eigenvalue weighted by Crippen LogP contribution is -2.38. The van der Waals surface area contributed by atoms with Crippen molar-refractivity contribution in [2.75, 3.05) is 0 Å². The number of hydrogen-bond donors (Lipinski definition) is 0. The quantitative estimate of drug-likeness (QED) is 0.345. The van der Waals surface area contributed by atoms with Gasteiger partial charge in [-0.1, -0.05) is 107 Å². The van der Waals surface area contributed by atoms with E-state index in [1.165, 1.54) is 23.7 Å². The van der Waals surface area contributed by atoms with Gasteiger partial charge in [-0.2, -0.15) is 0 Å². The summed E-state index contributed by atoms with van der Waals surface area (Å²) in [6.45, 7) is 16.0. The maximum absolute atomic E-state index is 2.00. The molecule has 7 rings (SSSR count). The first kappa shape index (κ1) is 30.0. The Morgan fingerprint density at radius 1 is 0.281 bits per heavy atom. The Balaban J connectivity index is 0.000000251. The van der Waals surface area contributed by atoms with Gasteiger partial charge in [0.1, 0.15) is 0 Å². The molecule has 0 amide bonds. The Morgan fingerprint density at radius 3 is 0.656 bits per heavy atom. The van der Waals surface area contributed by atoms with Gasteiger partial charge in [0.05, 0.1) is 0 Å². The highest BCUT2D eigenvalue weighted by atomic mass is 14.5. The molecule has 0 heterocycles. The lowest BCUT2D eigenvalue weighted by atomic mass is 9.56. The molecule has 4 unspecified atom stereocenters. The van der Waals surface area contributed by atoms with Crippen molar-refractivity contribution in [2.24, 2.45) is 47.3 Å². The van der Waals surface area contributed by atoms with Crippen LogP contribution in [0.5, 0.6) is 0 Å². The highest BCUT2D eigenvalue weighted by molar-refractivity contribution is 4.93. The van der Waals surface area contributed by atoms with Crippen LogP contribution in [-0.4, -0.2) is 0 Å². The second-order valence-electron chi connectivity index (χ2n) is 11.0. The third kappa shape index (κ3) is 8.65. The Kier molecular flexibility index (Phi) is 16.4. The first-order chi connectivity index (χ1) is 15.8. The van der Waals surface area contributed by atoms with E-state index in [0.29, 0.717) is 0 Å². The fourth-order valence-corrected chi connectivity index (χ4v) is 8.57. The minimum absolute atomic E-state index is 1.16. The molecular weight excluding hydrogens is 384 g/mol. The summed E-state index contributed by atoms with van der Waals surface area (Å²) in [5, 5.41) is 0. The van der Waals surface area contributed by atoms with Crippen molar-refractivity contribution in [1.29, 1.82) is 0 Å². The average molecular weight is 449 g/mol. The van der Waals surface area contributed by atoms with Gasteiger partial charge in [-0.05, 0) is 98.7 Å². The van der Waals surface area contributed by atoms with Crippen LogP contribution in [0.15, 0.2) is 0 Å². The molecule has 0 nitrogen and oxygen atoms in total. The number of fused-ring (bicyclic) bond motifs is 2. The van der Waals surface area contributed by atoms with Crippen LogP contribution in [0.2, 0.25) is 0 Å². The molecule has 0 N–H and O–H groups in total. The van der Waals surface area contributed by atoms with Crippen LogP contribution >= 0.6 is 0 Å². The molecule has 4 atom stereocenters. The Bertz CT molecular complexity index is 325. The van der Waals surface area contributed by atoms with E-state index in [-0.39, 0.29) is 0 Å². The van der Waals surface area contributed by atoms with Gasteiger partial charge >= 0.3 is 0 Å². The second-order valence-corrected chi connectivity index (χ2v) is 11.0. The molecule has 32 heavy (non-hydrogen) atoms. The van der Waals surface area contributed by atoms with Gasteiger partial charge in [-0.3, -0.25) is 0 Å². The molecule has 0 aromatic rings. The van der Waals surface area contributed by atoms with Crippen molar-refractivity contribution < 1.29 is 0 Å². The molecule has 0 aromatic heterocycles. The summed E-state index contributed by atoms with van der Waals surface area (Å²) in [6.07, 6.45) is 25.3. The van der Waals surface area contributed by atoms with Crippen molar-refractivity contribution in [3.8, 4) is 0 Å². The molecule has 192 valence electrons. The molecule has 0 aromatic carbocycles. The number of rotatable bonds is 0. The summed E-state index contributed by atoms with van der Waals surface area (Å²) in [6, 6.07) is 0. The van der Waals surface area contributed by atoms with Crippen molar-refractivity contribution in [2.45, 2.75) is 158 Å². The van der Waals surface area contributed by atoms with Gasteiger partial charge in [0.25, 0.3) is 0 Å². The zero-order valence-corrected chi connectivity index (χ0v) is 23.9. The third-order valence-electron chi connectivity index (χ3n) is 9.34. The zero-order chi connectivity index (χ0) is 23.9. The van der Waals surface area contributed by atoms with Crippen LogP contribution in [-0.2, 0) is 0 Å². The summed E-state index contributed by atoms with van der Waals surface area (Å²) in [7, 11) is 0. The summed E-state index contributed by atoms with van der Waals surface area (Å²) < 4.78 is 0. The minimum atomic E-state index is 1.16. The van der Waals surface area contributed by atoms with Crippen LogP contribution in [0.25, 0.3) is 0 Å². The third-order valence-corrected chi connectivity index (χ3v) is 9.34. The summed E-state index contributed by atoms with van der Waals surface area (Å²) in [5.41, 5.74) is 0. The normalized spacial score (nSPS) is 39.8. The fraction of sp³-hybridized carbons (Fsp3) is 1.00. The maximum atomic E-state index is 2.00. The Labute approximate surface area is 205 Å². The molecule has 4 bridgehead atoms. The average Bonchev–Trinajstić information content (AvgIpc) is 2.87. The molecule has 7 aliphatic rings. The highest BCUT2D eigenvalue weighted by Gasteiger charge is 2.42. The molecule has 0 heteroatoms. The molecule has 0 spiro atoms. The van der Waals surface area contributed by atoms with Crippen LogP contribution < -0.4 is 0 Å². The van der Waals surface area contributed by atoms with E-state index in [4.69, 9.17) is 0 Å². The van der Waals surface area contributed by atoms with Gasteiger partial charge in [0, 0.05) is 0 Å². The molecule has 7 aliphatic carbocycles.